The molecule has 5 rings (SSSR count). The van der Waals surface area contributed by atoms with E-state index in [0.717, 1.165) is 48.6 Å². The van der Waals surface area contributed by atoms with Crippen LogP contribution in [0.15, 0.2) is 41.2 Å². The summed E-state index contributed by atoms with van der Waals surface area (Å²) in [6.07, 6.45) is 1.04. The number of likely N-dealkylation sites (tertiary alicyclic amines) is 1. The van der Waals surface area contributed by atoms with E-state index >= 15 is 0 Å². The summed E-state index contributed by atoms with van der Waals surface area (Å²) in [4.78, 5) is 28.7. The quantitative estimate of drug-likeness (QED) is 0.829. The lowest BCUT2D eigenvalue weighted by Crippen LogP contribution is -2.48. The Morgan fingerprint density at radius 1 is 1.10 bits per heavy atom. The van der Waals surface area contributed by atoms with Gasteiger partial charge in [-0.05, 0) is 24.5 Å². The Hall–Kier alpha value is -2.64. The second-order valence-electron chi connectivity index (χ2n) is 8.75. The first-order chi connectivity index (χ1) is 14.6. The van der Waals surface area contributed by atoms with Crippen molar-refractivity contribution in [2.45, 2.75) is 32.0 Å². The van der Waals surface area contributed by atoms with Crippen molar-refractivity contribution in [3.05, 3.63) is 63.6 Å². The number of fused-ring (bicyclic) bond motifs is 5. The summed E-state index contributed by atoms with van der Waals surface area (Å²) in [5, 5.41) is 9.13. The molecule has 1 N–H and O–H groups in total. The third-order valence-corrected chi connectivity index (χ3v) is 6.54. The molecule has 2 aromatic rings. The van der Waals surface area contributed by atoms with E-state index in [2.05, 4.69) is 17.0 Å². The molecular weight excluding hydrogens is 382 g/mol. The SMILES string of the molecule is O=C(O)CN1C[C@@H]2C[C@H](C1)c1ccc(CN3CCOc4ccccc4C3)c(=O)n1C2. The number of aromatic nitrogens is 1. The van der Waals surface area contributed by atoms with E-state index in [4.69, 9.17) is 9.84 Å². The van der Waals surface area contributed by atoms with Gasteiger partial charge in [-0.3, -0.25) is 19.4 Å². The van der Waals surface area contributed by atoms with E-state index in [9.17, 15) is 9.59 Å². The molecule has 7 nitrogen and oxygen atoms in total. The summed E-state index contributed by atoms with van der Waals surface area (Å²) in [7, 11) is 0. The van der Waals surface area contributed by atoms with Gasteiger partial charge in [-0.1, -0.05) is 24.3 Å². The normalized spacial score (nSPS) is 23.7. The van der Waals surface area contributed by atoms with Gasteiger partial charge < -0.3 is 14.4 Å². The lowest BCUT2D eigenvalue weighted by atomic mass is 9.83. The van der Waals surface area contributed by atoms with Crippen LogP contribution in [0.1, 0.15) is 29.2 Å². The van der Waals surface area contributed by atoms with Gasteiger partial charge in [0, 0.05) is 62.0 Å². The number of pyridine rings is 1. The molecule has 3 aliphatic rings. The van der Waals surface area contributed by atoms with Crippen LogP contribution >= 0.6 is 0 Å². The summed E-state index contributed by atoms with van der Waals surface area (Å²) in [6, 6.07) is 12.1. The molecule has 0 radical (unpaired) electrons. The number of para-hydroxylation sites is 1. The van der Waals surface area contributed by atoms with Gasteiger partial charge in [-0.15, -0.1) is 0 Å². The Morgan fingerprint density at radius 3 is 2.83 bits per heavy atom. The average Bonchev–Trinajstić information content (AvgIpc) is 2.91. The maximum Gasteiger partial charge on any atom is 0.317 e. The van der Waals surface area contributed by atoms with Gasteiger partial charge in [-0.2, -0.15) is 0 Å². The maximum absolute atomic E-state index is 13.3. The standard InChI is InChI=1S/C23H27N3O4/c27-22(28)15-25-10-16-9-19(14-25)20-6-5-18(23(29)26(20)11-16)13-24-7-8-30-21-4-2-1-3-17(21)12-24/h1-6,16,19H,7-15H2,(H,27,28)/t16-,19+/m0/s1. The van der Waals surface area contributed by atoms with E-state index in [1.807, 2.05) is 33.7 Å². The Morgan fingerprint density at radius 2 is 1.97 bits per heavy atom. The fourth-order valence-electron chi connectivity index (χ4n) is 5.29. The topological polar surface area (TPSA) is 75.0 Å². The highest BCUT2D eigenvalue weighted by molar-refractivity contribution is 5.69. The molecule has 0 saturated carbocycles. The number of carbonyl (C=O) groups is 1. The minimum atomic E-state index is -0.786. The highest BCUT2D eigenvalue weighted by Crippen LogP contribution is 2.35. The summed E-state index contributed by atoms with van der Waals surface area (Å²) >= 11 is 0. The fraction of sp³-hybridized carbons (Fsp3) is 0.478. The summed E-state index contributed by atoms with van der Waals surface area (Å²) in [5.74, 6) is 0.714. The smallest absolute Gasteiger partial charge is 0.317 e. The first-order valence-corrected chi connectivity index (χ1v) is 10.7. The average molecular weight is 409 g/mol. The monoisotopic (exact) mass is 409 g/mol. The molecule has 2 atom stereocenters. The van der Waals surface area contributed by atoms with Crippen LogP contribution in [0.3, 0.4) is 0 Å². The fourth-order valence-corrected chi connectivity index (χ4v) is 5.29. The van der Waals surface area contributed by atoms with Crippen molar-refractivity contribution in [2.24, 2.45) is 5.92 Å². The van der Waals surface area contributed by atoms with Crippen LogP contribution in [0.25, 0.3) is 0 Å². The Balaban J connectivity index is 1.36. The van der Waals surface area contributed by atoms with Crippen molar-refractivity contribution in [2.75, 3.05) is 32.8 Å². The lowest BCUT2D eigenvalue weighted by molar-refractivity contribution is -0.139. The predicted molar refractivity (Wildman–Crippen MR) is 112 cm³/mol. The zero-order valence-corrected chi connectivity index (χ0v) is 17.0. The minimum Gasteiger partial charge on any atom is -0.492 e. The van der Waals surface area contributed by atoms with Crippen molar-refractivity contribution >= 4 is 5.97 Å². The molecule has 3 aliphatic heterocycles. The van der Waals surface area contributed by atoms with Gasteiger partial charge in [0.2, 0.25) is 0 Å². The van der Waals surface area contributed by atoms with Crippen LogP contribution in [0, 0.1) is 5.92 Å². The Labute approximate surface area is 175 Å². The molecule has 4 heterocycles. The van der Waals surface area contributed by atoms with Crippen molar-refractivity contribution in [3.8, 4) is 5.75 Å². The lowest BCUT2D eigenvalue weighted by Gasteiger charge is -2.42. The van der Waals surface area contributed by atoms with Gasteiger partial charge in [0.25, 0.3) is 5.56 Å². The third-order valence-electron chi connectivity index (χ3n) is 6.54. The van der Waals surface area contributed by atoms with Crippen LogP contribution in [0.2, 0.25) is 0 Å². The first kappa shape index (κ1) is 19.3. The molecule has 30 heavy (non-hydrogen) atoms. The zero-order valence-electron chi connectivity index (χ0n) is 17.0. The molecule has 1 aromatic heterocycles. The van der Waals surface area contributed by atoms with Crippen molar-refractivity contribution in [3.63, 3.8) is 0 Å². The van der Waals surface area contributed by atoms with E-state index in [1.165, 1.54) is 0 Å². The van der Waals surface area contributed by atoms with Gasteiger partial charge >= 0.3 is 5.97 Å². The molecular formula is C23H27N3O4. The Kier molecular flexibility index (Phi) is 5.08. The van der Waals surface area contributed by atoms with Gasteiger partial charge in [0.15, 0.2) is 0 Å². The van der Waals surface area contributed by atoms with Gasteiger partial charge in [0.05, 0.1) is 6.54 Å². The van der Waals surface area contributed by atoms with Crippen LogP contribution in [0.5, 0.6) is 5.75 Å². The molecule has 1 saturated heterocycles. The number of piperidine rings is 1. The van der Waals surface area contributed by atoms with E-state index in [0.29, 0.717) is 32.2 Å². The number of benzene rings is 1. The number of carboxylic acids is 1. The van der Waals surface area contributed by atoms with Crippen LogP contribution in [-0.2, 0) is 24.4 Å². The number of ether oxygens (including phenoxy) is 1. The van der Waals surface area contributed by atoms with Crippen LogP contribution in [0.4, 0.5) is 0 Å². The summed E-state index contributed by atoms with van der Waals surface area (Å²) in [6.45, 7) is 5.00. The number of hydrogen-bond donors (Lipinski definition) is 1. The van der Waals surface area contributed by atoms with Crippen LogP contribution < -0.4 is 10.3 Å². The summed E-state index contributed by atoms with van der Waals surface area (Å²) < 4.78 is 7.81. The zero-order chi connectivity index (χ0) is 20.7. The Bertz CT molecular complexity index is 1020. The number of rotatable bonds is 4. The van der Waals surface area contributed by atoms with E-state index < -0.39 is 5.97 Å². The van der Waals surface area contributed by atoms with Gasteiger partial charge in [0.1, 0.15) is 12.4 Å². The largest absolute Gasteiger partial charge is 0.492 e. The summed E-state index contributed by atoms with van der Waals surface area (Å²) in [5.41, 5.74) is 3.13. The van der Waals surface area contributed by atoms with Crippen molar-refractivity contribution < 1.29 is 14.6 Å². The molecule has 7 heteroatoms. The van der Waals surface area contributed by atoms with Crippen LogP contribution in [-0.4, -0.2) is 58.2 Å². The first-order valence-electron chi connectivity index (χ1n) is 10.7. The molecule has 0 amide bonds. The molecule has 1 aromatic carbocycles. The van der Waals surface area contributed by atoms with Crippen molar-refractivity contribution in [1.82, 2.24) is 14.4 Å². The predicted octanol–water partition coefficient (Wildman–Crippen LogP) is 1.75. The van der Waals surface area contributed by atoms with E-state index in [1.54, 1.807) is 0 Å². The highest BCUT2D eigenvalue weighted by Gasteiger charge is 2.35. The minimum absolute atomic E-state index is 0.0772. The molecule has 0 unspecified atom stereocenters. The number of aliphatic carboxylic acids is 1. The third kappa shape index (κ3) is 3.75. The second-order valence-corrected chi connectivity index (χ2v) is 8.75. The molecule has 2 bridgehead atoms. The molecule has 158 valence electrons. The molecule has 0 aliphatic carbocycles. The van der Waals surface area contributed by atoms with Crippen molar-refractivity contribution in [1.29, 1.82) is 0 Å². The second kappa shape index (κ2) is 7.89. The number of nitrogens with zero attached hydrogens (tertiary/aromatic N) is 3. The maximum atomic E-state index is 13.3. The van der Waals surface area contributed by atoms with Gasteiger partial charge in [-0.25, -0.2) is 0 Å². The molecule has 1 fully saturated rings. The highest BCUT2D eigenvalue weighted by atomic mass is 16.5. The van der Waals surface area contributed by atoms with E-state index in [-0.39, 0.29) is 18.0 Å². The molecule has 0 spiro atoms. The number of hydrogen-bond acceptors (Lipinski definition) is 5. The number of carboxylic acid groups (broad SMARTS) is 1.